The summed E-state index contributed by atoms with van der Waals surface area (Å²) < 4.78 is 23.0. The summed E-state index contributed by atoms with van der Waals surface area (Å²) in [7, 11) is -3.33. The van der Waals surface area contributed by atoms with Crippen molar-refractivity contribution in [2.45, 2.75) is 18.4 Å². The first-order chi connectivity index (χ1) is 9.38. The van der Waals surface area contributed by atoms with E-state index in [9.17, 15) is 13.2 Å². The second-order valence-electron chi connectivity index (χ2n) is 4.51. The van der Waals surface area contributed by atoms with E-state index >= 15 is 0 Å². The molecule has 2 N–H and O–H groups in total. The van der Waals surface area contributed by atoms with Crippen molar-refractivity contribution in [2.24, 2.45) is 0 Å². The Bertz CT molecular complexity index is 721. The first-order valence-electron chi connectivity index (χ1n) is 5.95. The molecule has 0 bridgehead atoms. The lowest BCUT2D eigenvalue weighted by Crippen LogP contribution is -2.24. The molecule has 0 saturated heterocycles. The zero-order valence-electron chi connectivity index (χ0n) is 11.2. The van der Waals surface area contributed by atoms with E-state index in [0.29, 0.717) is 12.1 Å². The van der Waals surface area contributed by atoms with Gasteiger partial charge in [0, 0.05) is 18.0 Å². The molecule has 1 aromatic heterocycles. The van der Waals surface area contributed by atoms with Crippen molar-refractivity contribution >= 4 is 15.7 Å². The molecule has 2 rings (SSSR count). The molecule has 1 heterocycles. The molecule has 7 heteroatoms. The Hall–Kier alpha value is -2.15. The molecule has 20 heavy (non-hydrogen) atoms. The molecule has 1 amide bonds. The molecule has 1 aromatic carbocycles. The van der Waals surface area contributed by atoms with Crippen LogP contribution in [0.5, 0.6) is 0 Å². The van der Waals surface area contributed by atoms with Crippen molar-refractivity contribution in [3.63, 3.8) is 0 Å². The molecule has 0 fully saturated rings. The van der Waals surface area contributed by atoms with Gasteiger partial charge in [-0.1, -0.05) is 6.07 Å². The summed E-state index contributed by atoms with van der Waals surface area (Å²) in [5.74, 6) is -0.317. The average molecular weight is 293 g/mol. The van der Waals surface area contributed by atoms with E-state index in [1.165, 1.54) is 12.1 Å². The number of rotatable bonds is 4. The van der Waals surface area contributed by atoms with Gasteiger partial charge < -0.3 is 5.32 Å². The van der Waals surface area contributed by atoms with Crippen molar-refractivity contribution in [1.29, 1.82) is 0 Å². The number of H-pyrrole nitrogens is 1. The number of aromatic nitrogens is 2. The van der Waals surface area contributed by atoms with E-state index in [1.807, 2.05) is 0 Å². The van der Waals surface area contributed by atoms with Crippen LogP contribution in [0.15, 0.2) is 35.4 Å². The van der Waals surface area contributed by atoms with Gasteiger partial charge in [0.05, 0.1) is 17.1 Å². The molecule has 0 saturated carbocycles. The Labute approximate surface area is 117 Å². The number of aromatic amines is 1. The Morgan fingerprint density at radius 1 is 1.35 bits per heavy atom. The number of hydrogen-bond acceptors (Lipinski definition) is 4. The highest BCUT2D eigenvalue weighted by Crippen LogP contribution is 2.15. The Morgan fingerprint density at radius 2 is 2.10 bits per heavy atom. The van der Waals surface area contributed by atoms with Crippen molar-refractivity contribution in [1.82, 2.24) is 15.5 Å². The van der Waals surface area contributed by atoms with Gasteiger partial charge in [0.25, 0.3) is 5.91 Å². The fourth-order valence-corrected chi connectivity index (χ4v) is 2.38. The number of sulfone groups is 1. The Morgan fingerprint density at radius 3 is 2.70 bits per heavy atom. The molecule has 6 nitrogen and oxygen atoms in total. The minimum absolute atomic E-state index is 0.134. The Balaban J connectivity index is 2.21. The fourth-order valence-electron chi connectivity index (χ4n) is 1.73. The van der Waals surface area contributed by atoms with Gasteiger partial charge in [-0.25, -0.2) is 8.42 Å². The van der Waals surface area contributed by atoms with Gasteiger partial charge >= 0.3 is 0 Å². The van der Waals surface area contributed by atoms with Gasteiger partial charge in [-0.05, 0) is 30.7 Å². The third-order valence-corrected chi connectivity index (χ3v) is 3.99. The molecular weight excluding hydrogens is 278 g/mol. The summed E-state index contributed by atoms with van der Waals surface area (Å²) in [5, 5.41) is 9.23. The number of nitrogens with one attached hydrogen (secondary N) is 2. The number of carbonyl (C=O) groups excluding carboxylic acids is 1. The zero-order valence-corrected chi connectivity index (χ0v) is 12.0. The smallest absolute Gasteiger partial charge is 0.251 e. The summed E-state index contributed by atoms with van der Waals surface area (Å²) in [6.45, 7) is 2.07. The average Bonchev–Trinajstić information content (AvgIpc) is 2.88. The molecule has 2 aromatic rings. The van der Waals surface area contributed by atoms with E-state index in [2.05, 4.69) is 15.5 Å². The number of aryl methyl sites for hydroxylation is 1. The predicted octanol–water partition coefficient (Wildman–Crippen LogP) is 1.05. The number of hydrogen-bond donors (Lipinski definition) is 2. The minimum atomic E-state index is -3.33. The van der Waals surface area contributed by atoms with E-state index in [0.717, 1.165) is 17.5 Å². The van der Waals surface area contributed by atoms with Crippen LogP contribution in [0.4, 0.5) is 0 Å². The summed E-state index contributed by atoms with van der Waals surface area (Å²) in [4.78, 5) is 12.2. The number of nitrogens with zero attached hydrogens (tertiary/aromatic N) is 1. The monoisotopic (exact) mass is 293 g/mol. The molecule has 0 spiro atoms. The van der Waals surface area contributed by atoms with Gasteiger partial charge in [-0.3, -0.25) is 9.89 Å². The fraction of sp³-hybridized carbons (Fsp3) is 0.231. The SMILES string of the molecule is Cc1ccc(S(C)(=O)=O)cc1C(=O)NCc1ccn[nH]1. The van der Waals surface area contributed by atoms with Crippen LogP contribution >= 0.6 is 0 Å². The lowest BCUT2D eigenvalue weighted by atomic mass is 10.1. The number of benzene rings is 1. The maximum atomic E-state index is 12.1. The maximum Gasteiger partial charge on any atom is 0.251 e. The second-order valence-corrected chi connectivity index (χ2v) is 6.53. The number of amides is 1. The summed E-state index contributed by atoms with van der Waals surface area (Å²) >= 11 is 0. The second kappa shape index (κ2) is 5.46. The van der Waals surface area contributed by atoms with Crippen LogP contribution in [0.1, 0.15) is 21.6 Å². The molecule has 106 valence electrons. The van der Waals surface area contributed by atoms with Crippen LogP contribution in [-0.4, -0.2) is 30.8 Å². The van der Waals surface area contributed by atoms with Crippen LogP contribution in [0.3, 0.4) is 0 Å². The van der Waals surface area contributed by atoms with E-state index < -0.39 is 9.84 Å². The highest BCUT2D eigenvalue weighted by molar-refractivity contribution is 7.90. The zero-order chi connectivity index (χ0) is 14.8. The van der Waals surface area contributed by atoms with E-state index in [-0.39, 0.29) is 10.8 Å². The largest absolute Gasteiger partial charge is 0.346 e. The molecule has 0 radical (unpaired) electrons. The molecule has 0 aliphatic heterocycles. The van der Waals surface area contributed by atoms with Crippen molar-refractivity contribution in [2.75, 3.05) is 6.26 Å². The summed E-state index contributed by atoms with van der Waals surface area (Å²) in [5.41, 5.74) is 1.85. The van der Waals surface area contributed by atoms with Gasteiger partial charge in [-0.2, -0.15) is 5.10 Å². The van der Waals surface area contributed by atoms with E-state index in [4.69, 9.17) is 0 Å². The van der Waals surface area contributed by atoms with Crippen LogP contribution in [0.25, 0.3) is 0 Å². The van der Waals surface area contributed by atoms with Crippen LogP contribution in [0.2, 0.25) is 0 Å². The van der Waals surface area contributed by atoms with Gasteiger partial charge in [0.2, 0.25) is 0 Å². The lowest BCUT2D eigenvalue weighted by molar-refractivity contribution is 0.0949. The van der Waals surface area contributed by atoms with Crippen LogP contribution < -0.4 is 5.32 Å². The van der Waals surface area contributed by atoms with Crippen molar-refractivity contribution in [3.8, 4) is 0 Å². The highest BCUT2D eigenvalue weighted by Gasteiger charge is 2.14. The third-order valence-electron chi connectivity index (χ3n) is 2.88. The molecular formula is C13H15N3O3S. The molecule has 0 unspecified atom stereocenters. The van der Waals surface area contributed by atoms with Crippen LogP contribution in [0, 0.1) is 6.92 Å². The molecule has 0 aliphatic rings. The van der Waals surface area contributed by atoms with Gasteiger partial charge in [0.1, 0.15) is 0 Å². The predicted molar refractivity (Wildman–Crippen MR) is 74.0 cm³/mol. The topological polar surface area (TPSA) is 91.9 Å². The Kier molecular flexibility index (Phi) is 3.89. The number of carbonyl (C=O) groups is 1. The first-order valence-corrected chi connectivity index (χ1v) is 7.84. The van der Waals surface area contributed by atoms with Crippen molar-refractivity contribution < 1.29 is 13.2 Å². The minimum Gasteiger partial charge on any atom is -0.346 e. The quantitative estimate of drug-likeness (QED) is 0.881. The van der Waals surface area contributed by atoms with Crippen molar-refractivity contribution in [3.05, 3.63) is 47.3 Å². The molecule has 0 aliphatic carbocycles. The standard InChI is InChI=1S/C13H15N3O3S/c1-9-3-4-11(20(2,18)19)7-12(9)13(17)14-8-10-5-6-15-16-10/h3-7H,8H2,1-2H3,(H,14,17)(H,15,16). The lowest BCUT2D eigenvalue weighted by Gasteiger charge is -2.08. The van der Waals surface area contributed by atoms with Gasteiger partial charge in [0.15, 0.2) is 9.84 Å². The highest BCUT2D eigenvalue weighted by atomic mass is 32.2. The van der Waals surface area contributed by atoms with E-state index in [1.54, 1.807) is 25.3 Å². The molecule has 0 atom stereocenters. The summed E-state index contributed by atoms with van der Waals surface area (Å²) in [6, 6.07) is 6.27. The first kappa shape index (κ1) is 14.3. The normalized spacial score (nSPS) is 11.3. The van der Waals surface area contributed by atoms with Crippen LogP contribution in [-0.2, 0) is 16.4 Å². The maximum absolute atomic E-state index is 12.1. The summed E-state index contributed by atoms with van der Waals surface area (Å²) in [6.07, 6.45) is 2.71. The third kappa shape index (κ3) is 3.24. The van der Waals surface area contributed by atoms with Gasteiger partial charge in [-0.15, -0.1) is 0 Å².